The van der Waals surface area contributed by atoms with Gasteiger partial charge >= 0.3 is 0 Å². The van der Waals surface area contributed by atoms with Gasteiger partial charge in [-0.2, -0.15) is 0 Å². The number of ketones is 1. The summed E-state index contributed by atoms with van der Waals surface area (Å²) in [4.78, 5) is 11.6. The Hall–Kier alpha value is -0.890. The van der Waals surface area contributed by atoms with Gasteiger partial charge in [-0.1, -0.05) is 12.2 Å². The number of carbonyl (C=O) groups excluding carboxylic acids is 1. The molecule has 62 valence electrons. The maximum absolute atomic E-state index is 11.6. The minimum absolute atomic E-state index is 0.153. The molecule has 3 aliphatic rings. The molecule has 2 heteroatoms. The van der Waals surface area contributed by atoms with E-state index in [0.717, 1.165) is 19.3 Å². The van der Waals surface area contributed by atoms with Crippen molar-refractivity contribution < 1.29 is 9.53 Å². The molecular formula is C10H10O2. The number of carbonyl (C=O) groups is 1. The Morgan fingerprint density at radius 2 is 2.50 bits per heavy atom. The second-order valence-electron chi connectivity index (χ2n) is 3.68. The van der Waals surface area contributed by atoms with Crippen LogP contribution < -0.4 is 0 Å². The molecule has 0 N–H and O–H groups in total. The molecule has 1 saturated heterocycles. The third kappa shape index (κ3) is 0.581. The Labute approximate surface area is 70.9 Å². The van der Waals surface area contributed by atoms with Crippen molar-refractivity contribution in [1.82, 2.24) is 0 Å². The van der Waals surface area contributed by atoms with Crippen LogP contribution in [-0.2, 0) is 9.53 Å². The van der Waals surface area contributed by atoms with Gasteiger partial charge in [-0.05, 0) is 24.5 Å². The van der Waals surface area contributed by atoms with Crippen LogP contribution >= 0.6 is 0 Å². The van der Waals surface area contributed by atoms with Crippen LogP contribution in [0, 0.1) is 0 Å². The highest BCUT2D eigenvalue weighted by Crippen LogP contribution is 2.47. The molecule has 1 spiro atoms. The lowest BCUT2D eigenvalue weighted by Crippen LogP contribution is -2.39. The van der Waals surface area contributed by atoms with E-state index in [0.29, 0.717) is 0 Å². The summed E-state index contributed by atoms with van der Waals surface area (Å²) in [5.74, 6) is 0.153. The Bertz CT molecular complexity index is 314. The van der Waals surface area contributed by atoms with E-state index in [2.05, 4.69) is 6.08 Å². The largest absolute Gasteiger partial charge is 0.355 e. The minimum Gasteiger partial charge on any atom is -0.355 e. The smallest absolute Gasteiger partial charge is 0.191 e. The molecule has 0 amide bonds. The van der Waals surface area contributed by atoms with Crippen LogP contribution in [0.2, 0.25) is 0 Å². The number of rotatable bonds is 0. The van der Waals surface area contributed by atoms with E-state index < -0.39 is 5.60 Å². The summed E-state index contributed by atoms with van der Waals surface area (Å²) in [7, 11) is 0. The number of hydrogen-bond acceptors (Lipinski definition) is 2. The number of ether oxygens (including phenoxy) is 1. The van der Waals surface area contributed by atoms with E-state index >= 15 is 0 Å². The summed E-state index contributed by atoms with van der Waals surface area (Å²) in [6, 6.07) is 0. The zero-order valence-electron chi connectivity index (χ0n) is 6.75. The second kappa shape index (κ2) is 1.88. The second-order valence-corrected chi connectivity index (χ2v) is 3.68. The predicted molar refractivity (Wildman–Crippen MR) is 43.7 cm³/mol. The van der Waals surface area contributed by atoms with E-state index in [1.54, 1.807) is 6.08 Å². The average Bonchev–Trinajstić information content (AvgIpc) is 2.52. The lowest BCUT2D eigenvalue weighted by molar-refractivity contribution is -0.135. The fourth-order valence-electron chi connectivity index (χ4n) is 2.45. The highest BCUT2D eigenvalue weighted by molar-refractivity contribution is 6.01. The van der Waals surface area contributed by atoms with Crippen molar-refractivity contribution in [3.63, 3.8) is 0 Å². The molecule has 1 aliphatic carbocycles. The van der Waals surface area contributed by atoms with E-state index in [4.69, 9.17) is 4.74 Å². The molecule has 2 atom stereocenters. The molecule has 0 radical (unpaired) electrons. The zero-order chi connectivity index (χ0) is 8.18. The van der Waals surface area contributed by atoms with Crippen LogP contribution in [0.25, 0.3) is 0 Å². The van der Waals surface area contributed by atoms with Crippen molar-refractivity contribution in [2.45, 2.75) is 31.0 Å². The molecule has 3 rings (SSSR count). The van der Waals surface area contributed by atoms with E-state index in [9.17, 15) is 4.79 Å². The first-order valence-corrected chi connectivity index (χ1v) is 4.41. The molecule has 0 aromatic carbocycles. The third-order valence-corrected chi connectivity index (χ3v) is 3.04. The van der Waals surface area contributed by atoms with Crippen LogP contribution in [-0.4, -0.2) is 17.5 Å². The van der Waals surface area contributed by atoms with Crippen molar-refractivity contribution >= 4 is 5.78 Å². The average molecular weight is 162 g/mol. The molecule has 0 aromatic heterocycles. The van der Waals surface area contributed by atoms with Crippen molar-refractivity contribution in [2.75, 3.05) is 0 Å². The van der Waals surface area contributed by atoms with Gasteiger partial charge in [-0.25, -0.2) is 0 Å². The van der Waals surface area contributed by atoms with Crippen LogP contribution in [0.4, 0.5) is 0 Å². The maximum atomic E-state index is 11.6. The Kier molecular flexibility index (Phi) is 1.04. The first kappa shape index (κ1) is 6.61. The van der Waals surface area contributed by atoms with Crippen LogP contribution in [0.1, 0.15) is 19.3 Å². The van der Waals surface area contributed by atoms with Crippen molar-refractivity contribution in [3.8, 4) is 0 Å². The van der Waals surface area contributed by atoms with Crippen molar-refractivity contribution in [1.29, 1.82) is 0 Å². The summed E-state index contributed by atoms with van der Waals surface area (Å²) < 4.78 is 5.72. The summed E-state index contributed by atoms with van der Waals surface area (Å²) >= 11 is 0. The Morgan fingerprint density at radius 3 is 3.42 bits per heavy atom. The number of hydrogen-bond donors (Lipinski definition) is 0. The summed E-state index contributed by atoms with van der Waals surface area (Å²) in [6.07, 6.45) is 8.72. The van der Waals surface area contributed by atoms with Gasteiger partial charge in [0.15, 0.2) is 11.4 Å². The lowest BCUT2D eigenvalue weighted by atomic mass is 9.92. The molecule has 2 heterocycles. The fraction of sp³-hybridized carbons (Fsp3) is 0.500. The van der Waals surface area contributed by atoms with Crippen molar-refractivity contribution in [2.24, 2.45) is 0 Å². The normalized spacial score (nSPS) is 43.2. The first-order chi connectivity index (χ1) is 5.81. The van der Waals surface area contributed by atoms with Gasteiger partial charge in [0.1, 0.15) is 0 Å². The lowest BCUT2D eigenvalue weighted by Gasteiger charge is -2.26. The molecule has 0 saturated carbocycles. The van der Waals surface area contributed by atoms with Crippen LogP contribution in [0.3, 0.4) is 0 Å². The monoisotopic (exact) mass is 162 g/mol. The SMILES string of the molecule is O=C1C=C[C@H]2CC3=CCC[C@@]13O2. The van der Waals surface area contributed by atoms with E-state index in [1.165, 1.54) is 5.57 Å². The molecule has 2 aliphatic heterocycles. The predicted octanol–water partition coefficient (Wildman–Crippen LogP) is 1.37. The van der Waals surface area contributed by atoms with Crippen LogP contribution in [0.15, 0.2) is 23.8 Å². The Morgan fingerprint density at radius 1 is 1.58 bits per heavy atom. The standard InChI is InChI=1S/C10H10O2/c11-9-4-3-8-6-7-2-1-5-10(7,9)12-8/h2-4,8H,1,5-6H2/t8-,10-/m0/s1. The summed E-state index contributed by atoms with van der Waals surface area (Å²) in [5.41, 5.74) is 0.724. The highest BCUT2D eigenvalue weighted by Gasteiger charge is 2.52. The Balaban J connectivity index is 2.17. The number of allylic oxidation sites excluding steroid dienone is 1. The molecule has 2 nitrogen and oxygen atoms in total. The van der Waals surface area contributed by atoms with E-state index in [-0.39, 0.29) is 11.9 Å². The molecule has 2 bridgehead atoms. The highest BCUT2D eigenvalue weighted by atomic mass is 16.5. The van der Waals surface area contributed by atoms with Gasteiger partial charge < -0.3 is 4.74 Å². The van der Waals surface area contributed by atoms with Gasteiger partial charge in [0.05, 0.1) is 6.10 Å². The third-order valence-electron chi connectivity index (χ3n) is 3.04. The number of fused-ring (bicyclic) bond motifs is 1. The summed E-state index contributed by atoms with van der Waals surface area (Å²) in [6.45, 7) is 0. The van der Waals surface area contributed by atoms with Crippen LogP contribution in [0.5, 0.6) is 0 Å². The summed E-state index contributed by atoms with van der Waals surface area (Å²) in [5, 5.41) is 0. The molecule has 0 aromatic rings. The van der Waals surface area contributed by atoms with Gasteiger partial charge in [0.2, 0.25) is 0 Å². The zero-order valence-corrected chi connectivity index (χ0v) is 6.75. The maximum Gasteiger partial charge on any atom is 0.191 e. The van der Waals surface area contributed by atoms with Gasteiger partial charge in [-0.15, -0.1) is 0 Å². The molecule has 12 heavy (non-hydrogen) atoms. The fourth-order valence-corrected chi connectivity index (χ4v) is 2.45. The van der Waals surface area contributed by atoms with Gasteiger partial charge in [0.25, 0.3) is 0 Å². The first-order valence-electron chi connectivity index (χ1n) is 4.41. The quantitative estimate of drug-likeness (QED) is 0.503. The topological polar surface area (TPSA) is 26.3 Å². The van der Waals surface area contributed by atoms with E-state index in [1.807, 2.05) is 6.08 Å². The van der Waals surface area contributed by atoms with Crippen molar-refractivity contribution in [3.05, 3.63) is 23.8 Å². The van der Waals surface area contributed by atoms with Gasteiger partial charge in [0, 0.05) is 6.42 Å². The molecular weight excluding hydrogens is 152 g/mol. The molecule has 1 fully saturated rings. The molecule has 0 unspecified atom stereocenters. The van der Waals surface area contributed by atoms with Gasteiger partial charge in [-0.3, -0.25) is 4.79 Å². The minimum atomic E-state index is -0.501.